The van der Waals surface area contributed by atoms with Crippen molar-refractivity contribution in [3.05, 3.63) is 66.5 Å². The van der Waals surface area contributed by atoms with E-state index in [4.69, 9.17) is 4.98 Å². The zero-order valence-electron chi connectivity index (χ0n) is 16.1. The molecule has 1 amide bonds. The second-order valence-corrected chi connectivity index (χ2v) is 7.74. The Morgan fingerprint density at radius 2 is 1.52 bits per heavy atom. The molecule has 5 heteroatoms. The maximum absolute atomic E-state index is 11.7. The molecule has 2 aromatic carbocycles. The van der Waals surface area contributed by atoms with Crippen LogP contribution in [0.4, 0.5) is 4.79 Å². The quantitative estimate of drug-likeness (QED) is 0.648. The van der Waals surface area contributed by atoms with Gasteiger partial charge in [0.25, 0.3) is 0 Å². The first kappa shape index (κ1) is 18.7. The van der Waals surface area contributed by atoms with Crippen LogP contribution in [0.15, 0.2) is 60.7 Å². The fourth-order valence-electron chi connectivity index (χ4n) is 3.42. The van der Waals surface area contributed by atoms with E-state index in [0.29, 0.717) is 5.82 Å². The third-order valence-electron chi connectivity index (χ3n) is 4.60. The van der Waals surface area contributed by atoms with Crippen molar-refractivity contribution in [2.75, 3.05) is 7.05 Å². The molecular formula is C22H25N3O2. The third kappa shape index (κ3) is 3.87. The average molecular weight is 363 g/mol. The lowest BCUT2D eigenvalue weighted by atomic mass is 9.85. The summed E-state index contributed by atoms with van der Waals surface area (Å²) in [7, 11) is 1.59. The van der Waals surface area contributed by atoms with Crippen LogP contribution in [-0.2, 0) is 0 Å². The Morgan fingerprint density at radius 1 is 1.00 bits per heavy atom. The molecule has 3 aromatic rings. The van der Waals surface area contributed by atoms with E-state index >= 15 is 0 Å². The predicted molar refractivity (Wildman–Crippen MR) is 107 cm³/mol. The summed E-state index contributed by atoms with van der Waals surface area (Å²) in [5, 5.41) is 9.57. The number of imidazole rings is 1. The average Bonchev–Trinajstić information content (AvgIpc) is 3.06. The summed E-state index contributed by atoms with van der Waals surface area (Å²) in [4.78, 5) is 21.3. The number of nitrogens with one attached hydrogen (secondary N) is 1. The van der Waals surface area contributed by atoms with E-state index in [0.717, 1.165) is 22.5 Å². The van der Waals surface area contributed by atoms with Gasteiger partial charge in [-0.25, -0.2) is 9.78 Å². The van der Waals surface area contributed by atoms with Gasteiger partial charge in [-0.1, -0.05) is 81.4 Å². The highest BCUT2D eigenvalue weighted by atomic mass is 16.4. The van der Waals surface area contributed by atoms with Crippen LogP contribution in [0.2, 0.25) is 0 Å². The Kier molecular flexibility index (Phi) is 5.04. The highest BCUT2D eigenvalue weighted by molar-refractivity contribution is 5.78. The van der Waals surface area contributed by atoms with Gasteiger partial charge in [0.1, 0.15) is 5.82 Å². The van der Waals surface area contributed by atoms with Crippen molar-refractivity contribution >= 4 is 6.09 Å². The maximum atomic E-state index is 11.7. The molecule has 0 bridgehead atoms. The minimum atomic E-state index is -0.978. The molecule has 0 saturated carbocycles. The Labute approximate surface area is 159 Å². The molecule has 1 aromatic heterocycles. The van der Waals surface area contributed by atoms with Gasteiger partial charge in [0.2, 0.25) is 0 Å². The predicted octanol–water partition coefficient (Wildman–Crippen LogP) is 5.44. The molecular weight excluding hydrogens is 338 g/mol. The number of hydrogen-bond donors (Lipinski definition) is 2. The van der Waals surface area contributed by atoms with E-state index in [9.17, 15) is 9.90 Å². The molecule has 0 aliphatic carbocycles. The van der Waals surface area contributed by atoms with Gasteiger partial charge < -0.3 is 15.0 Å². The van der Waals surface area contributed by atoms with E-state index in [1.54, 1.807) is 7.05 Å². The lowest BCUT2D eigenvalue weighted by Gasteiger charge is -2.35. The Balaban J connectivity index is 2.20. The minimum Gasteiger partial charge on any atom is -0.465 e. The van der Waals surface area contributed by atoms with Crippen LogP contribution in [0.3, 0.4) is 0 Å². The van der Waals surface area contributed by atoms with E-state index in [2.05, 4.69) is 4.98 Å². The van der Waals surface area contributed by atoms with Gasteiger partial charge >= 0.3 is 6.09 Å². The van der Waals surface area contributed by atoms with Gasteiger partial charge in [0.05, 0.1) is 17.4 Å². The van der Waals surface area contributed by atoms with Crippen LogP contribution in [-0.4, -0.2) is 33.1 Å². The standard InChI is InChI=1S/C22H25N3O2/c1-22(2,3)19(25(4)21(26)27)20-23-17(15-11-7-5-8-12-15)18(24-20)16-13-9-6-10-14-16/h5-14,19H,1-4H3,(H,23,24)(H,26,27). The first-order valence-corrected chi connectivity index (χ1v) is 8.95. The molecule has 0 fully saturated rings. The summed E-state index contributed by atoms with van der Waals surface area (Å²) in [5.74, 6) is 0.644. The summed E-state index contributed by atoms with van der Waals surface area (Å²) in [5.41, 5.74) is 3.40. The number of benzene rings is 2. The molecule has 140 valence electrons. The lowest BCUT2D eigenvalue weighted by Crippen LogP contribution is -2.38. The summed E-state index contributed by atoms with van der Waals surface area (Å²) in [6.07, 6.45) is -0.978. The summed E-state index contributed by atoms with van der Waals surface area (Å²) < 4.78 is 0. The summed E-state index contributed by atoms with van der Waals surface area (Å²) in [6.45, 7) is 6.05. The normalized spacial score (nSPS) is 12.6. The van der Waals surface area contributed by atoms with Gasteiger partial charge in [-0.2, -0.15) is 0 Å². The van der Waals surface area contributed by atoms with Crippen molar-refractivity contribution in [1.29, 1.82) is 0 Å². The lowest BCUT2D eigenvalue weighted by molar-refractivity contribution is 0.0949. The maximum Gasteiger partial charge on any atom is 0.407 e. The number of hydrogen-bond acceptors (Lipinski definition) is 2. The van der Waals surface area contributed by atoms with Crippen LogP contribution in [0.25, 0.3) is 22.5 Å². The van der Waals surface area contributed by atoms with Crippen LogP contribution in [0, 0.1) is 5.41 Å². The molecule has 5 nitrogen and oxygen atoms in total. The molecule has 27 heavy (non-hydrogen) atoms. The fourth-order valence-corrected chi connectivity index (χ4v) is 3.42. The van der Waals surface area contributed by atoms with E-state index in [1.807, 2.05) is 81.4 Å². The van der Waals surface area contributed by atoms with Crippen molar-refractivity contribution in [2.24, 2.45) is 5.41 Å². The monoisotopic (exact) mass is 363 g/mol. The van der Waals surface area contributed by atoms with Gasteiger partial charge in [-0.05, 0) is 5.41 Å². The van der Waals surface area contributed by atoms with E-state index in [1.165, 1.54) is 4.90 Å². The molecule has 3 rings (SSSR count). The van der Waals surface area contributed by atoms with Crippen molar-refractivity contribution in [2.45, 2.75) is 26.8 Å². The fraction of sp³-hybridized carbons (Fsp3) is 0.273. The first-order chi connectivity index (χ1) is 12.8. The van der Waals surface area contributed by atoms with Gasteiger partial charge in [0, 0.05) is 18.2 Å². The molecule has 0 spiro atoms. The molecule has 0 saturated heterocycles. The van der Waals surface area contributed by atoms with Crippen molar-refractivity contribution in [3.63, 3.8) is 0 Å². The van der Waals surface area contributed by atoms with E-state index in [-0.39, 0.29) is 5.41 Å². The Bertz CT molecular complexity index is 855. The van der Waals surface area contributed by atoms with Crippen molar-refractivity contribution in [1.82, 2.24) is 14.9 Å². The van der Waals surface area contributed by atoms with Crippen LogP contribution < -0.4 is 0 Å². The molecule has 1 heterocycles. The molecule has 1 unspecified atom stereocenters. The smallest absolute Gasteiger partial charge is 0.407 e. The number of carboxylic acid groups (broad SMARTS) is 1. The van der Waals surface area contributed by atoms with Crippen LogP contribution in [0.1, 0.15) is 32.6 Å². The topological polar surface area (TPSA) is 69.2 Å². The highest BCUT2D eigenvalue weighted by Gasteiger charge is 2.35. The SMILES string of the molecule is CN(C(=O)O)C(c1nc(-c2ccccc2)c(-c2ccccc2)[nH]1)C(C)(C)C. The highest BCUT2D eigenvalue weighted by Crippen LogP contribution is 2.39. The van der Waals surface area contributed by atoms with Gasteiger partial charge in [0.15, 0.2) is 0 Å². The van der Waals surface area contributed by atoms with Crippen LogP contribution in [0.5, 0.6) is 0 Å². The molecule has 0 aliphatic rings. The third-order valence-corrected chi connectivity index (χ3v) is 4.60. The summed E-state index contributed by atoms with van der Waals surface area (Å²) in [6, 6.07) is 19.5. The van der Waals surface area contributed by atoms with Gasteiger partial charge in [-0.15, -0.1) is 0 Å². The second-order valence-electron chi connectivity index (χ2n) is 7.74. The molecule has 1 atom stereocenters. The number of rotatable bonds is 4. The Morgan fingerprint density at radius 3 is 2.00 bits per heavy atom. The Hall–Kier alpha value is -3.08. The van der Waals surface area contributed by atoms with E-state index < -0.39 is 12.1 Å². The molecule has 2 N–H and O–H groups in total. The zero-order chi connectivity index (χ0) is 19.6. The first-order valence-electron chi connectivity index (χ1n) is 8.95. The van der Waals surface area contributed by atoms with Crippen LogP contribution >= 0.6 is 0 Å². The minimum absolute atomic E-state index is 0.326. The number of carbonyl (C=O) groups is 1. The number of nitrogens with zero attached hydrogens (tertiary/aromatic N) is 2. The summed E-state index contributed by atoms with van der Waals surface area (Å²) >= 11 is 0. The largest absolute Gasteiger partial charge is 0.465 e. The van der Waals surface area contributed by atoms with Crippen molar-refractivity contribution < 1.29 is 9.90 Å². The molecule has 0 radical (unpaired) electrons. The second kappa shape index (κ2) is 7.27. The number of aromatic nitrogens is 2. The number of aromatic amines is 1. The molecule has 0 aliphatic heterocycles. The number of amides is 1. The van der Waals surface area contributed by atoms with Crippen molar-refractivity contribution in [3.8, 4) is 22.5 Å². The van der Waals surface area contributed by atoms with Gasteiger partial charge in [-0.3, -0.25) is 0 Å². The number of H-pyrrole nitrogens is 1. The zero-order valence-corrected chi connectivity index (χ0v) is 16.1.